The molecule has 130 valence electrons. The van der Waals surface area contributed by atoms with Crippen molar-refractivity contribution in [3.63, 3.8) is 0 Å². The number of aliphatic carboxylic acids is 1. The van der Waals surface area contributed by atoms with Gasteiger partial charge in [0.2, 0.25) is 0 Å². The minimum Gasteiger partial charge on any atom is -0.481 e. The number of benzene rings is 1. The van der Waals surface area contributed by atoms with E-state index >= 15 is 0 Å². The number of imidazole rings is 1. The van der Waals surface area contributed by atoms with Crippen LogP contribution in [0.4, 0.5) is 5.69 Å². The van der Waals surface area contributed by atoms with E-state index in [0.29, 0.717) is 12.8 Å². The molecule has 1 N–H and O–H groups in total. The van der Waals surface area contributed by atoms with Gasteiger partial charge in [0.1, 0.15) is 0 Å². The number of nitrogens with zero attached hydrogens (tertiary/aromatic N) is 3. The van der Waals surface area contributed by atoms with Gasteiger partial charge in [-0.2, -0.15) is 0 Å². The van der Waals surface area contributed by atoms with E-state index in [4.69, 9.17) is 10.1 Å². The number of rotatable bonds is 3. The van der Waals surface area contributed by atoms with Crippen molar-refractivity contribution < 1.29 is 9.90 Å². The van der Waals surface area contributed by atoms with Crippen LogP contribution in [0.2, 0.25) is 0 Å². The zero-order valence-electron chi connectivity index (χ0n) is 14.4. The summed E-state index contributed by atoms with van der Waals surface area (Å²) in [4.78, 5) is 20.4. The summed E-state index contributed by atoms with van der Waals surface area (Å²) >= 11 is 1.72. The number of piperidine rings is 1. The Labute approximate surface area is 150 Å². The quantitative estimate of drug-likeness (QED) is 0.772. The van der Waals surface area contributed by atoms with Gasteiger partial charge in [0.15, 0.2) is 4.96 Å². The highest BCUT2D eigenvalue weighted by Gasteiger charge is 2.24. The minimum atomic E-state index is -0.666. The molecule has 6 heteroatoms. The smallest absolute Gasteiger partial charge is 0.306 e. The molecule has 3 aromatic rings. The van der Waals surface area contributed by atoms with Gasteiger partial charge in [-0.15, -0.1) is 11.3 Å². The number of carboxylic acids is 1. The van der Waals surface area contributed by atoms with Crippen LogP contribution in [0.3, 0.4) is 0 Å². The fourth-order valence-electron chi connectivity index (χ4n) is 3.42. The van der Waals surface area contributed by atoms with E-state index < -0.39 is 5.97 Å². The number of hydrogen-bond acceptors (Lipinski definition) is 4. The van der Waals surface area contributed by atoms with Crippen molar-refractivity contribution in [3.05, 3.63) is 41.0 Å². The molecule has 3 heterocycles. The lowest BCUT2D eigenvalue weighted by atomic mass is 9.96. The monoisotopic (exact) mass is 355 g/mol. The van der Waals surface area contributed by atoms with Crippen molar-refractivity contribution in [3.8, 4) is 11.3 Å². The first kappa shape index (κ1) is 16.1. The number of aromatic nitrogens is 2. The Morgan fingerprint density at radius 2 is 1.88 bits per heavy atom. The molecule has 0 saturated carbocycles. The average molecular weight is 355 g/mol. The summed E-state index contributed by atoms with van der Waals surface area (Å²) in [5.41, 5.74) is 4.50. The van der Waals surface area contributed by atoms with Crippen LogP contribution in [-0.4, -0.2) is 33.6 Å². The summed E-state index contributed by atoms with van der Waals surface area (Å²) in [7, 11) is 0. The van der Waals surface area contributed by atoms with Crippen LogP contribution >= 0.6 is 11.3 Å². The van der Waals surface area contributed by atoms with E-state index in [1.54, 1.807) is 11.3 Å². The van der Waals surface area contributed by atoms with E-state index in [-0.39, 0.29) is 5.92 Å². The lowest BCUT2D eigenvalue weighted by Gasteiger charge is -2.32. The molecule has 25 heavy (non-hydrogen) atoms. The lowest BCUT2D eigenvalue weighted by Crippen LogP contribution is -2.36. The molecule has 4 rings (SSSR count). The molecule has 1 aromatic carbocycles. The van der Waals surface area contributed by atoms with E-state index in [0.717, 1.165) is 35.0 Å². The molecular formula is C19H21N3O2S. The first-order valence-corrected chi connectivity index (χ1v) is 9.38. The summed E-state index contributed by atoms with van der Waals surface area (Å²) in [5, 5.41) is 9.11. The predicted molar refractivity (Wildman–Crippen MR) is 101 cm³/mol. The van der Waals surface area contributed by atoms with Gasteiger partial charge in [0.05, 0.1) is 11.6 Å². The van der Waals surface area contributed by atoms with E-state index in [9.17, 15) is 4.79 Å². The van der Waals surface area contributed by atoms with Crippen LogP contribution in [0.25, 0.3) is 16.2 Å². The van der Waals surface area contributed by atoms with Gasteiger partial charge < -0.3 is 10.0 Å². The average Bonchev–Trinajstić information content (AvgIpc) is 3.15. The Kier molecular flexibility index (Phi) is 4.00. The van der Waals surface area contributed by atoms with Gasteiger partial charge >= 0.3 is 5.97 Å². The van der Waals surface area contributed by atoms with Crippen molar-refractivity contribution in [2.24, 2.45) is 5.92 Å². The van der Waals surface area contributed by atoms with Crippen LogP contribution in [0.5, 0.6) is 0 Å². The van der Waals surface area contributed by atoms with Crippen LogP contribution < -0.4 is 4.90 Å². The zero-order valence-corrected chi connectivity index (χ0v) is 15.2. The highest BCUT2D eigenvalue weighted by Crippen LogP contribution is 2.29. The summed E-state index contributed by atoms with van der Waals surface area (Å²) < 4.78 is 2.15. The maximum absolute atomic E-state index is 11.1. The summed E-state index contributed by atoms with van der Waals surface area (Å²) in [6.07, 6.45) is 3.53. The van der Waals surface area contributed by atoms with Crippen molar-refractivity contribution in [1.82, 2.24) is 9.38 Å². The fourth-order valence-corrected chi connectivity index (χ4v) is 4.37. The van der Waals surface area contributed by atoms with Gasteiger partial charge in [-0.25, -0.2) is 4.98 Å². The van der Waals surface area contributed by atoms with Crippen LogP contribution in [0, 0.1) is 19.8 Å². The topological polar surface area (TPSA) is 57.8 Å². The molecule has 0 unspecified atom stereocenters. The van der Waals surface area contributed by atoms with Gasteiger partial charge in [-0.05, 0) is 38.8 Å². The van der Waals surface area contributed by atoms with Gasteiger partial charge in [0.25, 0.3) is 0 Å². The Bertz CT molecular complexity index is 918. The molecule has 1 aliphatic heterocycles. The van der Waals surface area contributed by atoms with Gasteiger partial charge in [-0.1, -0.05) is 12.1 Å². The second kappa shape index (κ2) is 6.19. The SMILES string of the molecule is Cc1sc2nc(-c3ccc(N4CCC(C(=O)O)CC4)cc3)cn2c1C. The predicted octanol–water partition coefficient (Wildman–Crippen LogP) is 3.98. The highest BCUT2D eigenvalue weighted by molar-refractivity contribution is 7.17. The maximum atomic E-state index is 11.1. The molecule has 1 saturated heterocycles. The third-order valence-electron chi connectivity index (χ3n) is 5.16. The molecule has 0 amide bonds. The molecule has 0 aliphatic carbocycles. The minimum absolute atomic E-state index is 0.194. The van der Waals surface area contributed by atoms with Crippen molar-refractivity contribution in [2.75, 3.05) is 18.0 Å². The molecule has 0 atom stereocenters. The Morgan fingerprint density at radius 1 is 1.20 bits per heavy atom. The van der Waals surface area contributed by atoms with E-state index in [1.165, 1.54) is 10.6 Å². The number of carboxylic acid groups (broad SMARTS) is 1. The van der Waals surface area contributed by atoms with Gasteiger partial charge in [-0.3, -0.25) is 9.20 Å². The Morgan fingerprint density at radius 3 is 2.48 bits per heavy atom. The molecule has 0 radical (unpaired) electrons. The Hall–Kier alpha value is -2.34. The fraction of sp³-hybridized carbons (Fsp3) is 0.368. The number of thiazole rings is 1. The molecular weight excluding hydrogens is 334 g/mol. The number of carbonyl (C=O) groups is 1. The zero-order chi connectivity index (χ0) is 17.6. The molecule has 0 spiro atoms. The number of aryl methyl sites for hydroxylation is 2. The molecule has 0 bridgehead atoms. The number of anilines is 1. The van der Waals surface area contributed by atoms with E-state index in [1.807, 2.05) is 0 Å². The summed E-state index contributed by atoms with van der Waals surface area (Å²) in [5.74, 6) is -0.860. The third-order valence-corrected chi connectivity index (χ3v) is 6.23. The normalized spacial score (nSPS) is 15.8. The second-order valence-electron chi connectivity index (χ2n) is 6.67. The highest BCUT2D eigenvalue weighted by atomic mass is 32.1. The third kappa shape index (κ3) is 2.91. The molecule has 2 aromatic heterocycles. The number of hydrogen-bond donors (Lipinski definition) is 1. The summed E-state index contributed by atoms with van der Waals surface area (Å²) in [6.45, 7) is 5.84. The van der Waals surface area contributed by atoms with Crippen molar-refractivity contribution in [1.29, 1.82) is 0 Å². The standard InChI is InChI=1S/C19H21N3O2S/c1-12-13(2)25-19-20-17(11-22(12)19)14-3-5-16(6-4-14)21-9-7-15(8-10-21)18(23)24/h3-6,11,15H,7-10H2,1-2H3,(H,23,24). The van der Waals surface area contributed by atoms with Crippen LogP contribution in [0.1, 0.15) is 23.4 Å². The summed E-state index contributed by atoms with van der Waals surface area (Å²) in [6, 6.07) is 8.43. The largest absolute Gasteiger partial charge is 0.481 e. The van der Waals surface area contributed by atoms with Crippen LogP contribution in [0.15, 0.2) is 30.5 Å². The molecule has 5 nitrogen and oxygen atoms in total. The molecule has 1 fully saturated rings. The molecule has 1 aliphatic rings. The van der Waals surface area contributed by atoms with Crippen LogP contribution in [-0.2, 0) is 4.79 Å². The second-order valence-corrected chi connectivity index (χ2v) is 7.85. The van der Waals surface area contributed by atoms with Gasteiger partial charge in [0, 0.05) is 41.1 Å². The Balaban J connectivity index is 1.52. The first-order chi connectivity index (χ1) is 12.0. The van der Waals surface area contributed by atoms with Crippen molar-refractivity contribution >= 4 is 28.0 Å². The first-order valence-electron chi connectivity index (χ1n) is 8.56. The van der Waals surface area contributed by atoms with Crippen molar-refractivity contribution in [2.45, 2.75) is 26.7 Å². The number of fused-ring (bicyclic) bond motifs is 1. The lowest BCUT2D eigenvalue weighted by molar-refractivity contribution is -0.142. The van der Waals surface area contributed by atoms with E-state index in [2.05, 4.69) is 53.6 Å². The maximum Gasteiger partial charge on any atom is 0.306 e.